The van der Waals surface area contributed by atoms with Gasteiger partial charge in [-0.25, -0.2) is 0 Å². The molecule has 0 spiro atoms. The summed E-state index contributed by atoms with van der Waals surface area (Å²) in [5.74, 6) is 0. The van der Waals surface area contributed by atoms with E-state index in [1.807, 2.05) is 0 Å². The highest BCUT2D eigenvalue weighted by Gasteiger charge is 2.35. The lowest BCUT2D eigenvalue weighted by molar-refractivity contribution is -0.0131. The monoisotopic (exact) mass is 286 g/mol. The average Bonchev–Trinajstić information content (AvgIpc) is 3.21. The Kier molecular flexibility index (Phi) is 6.23. The molecule has 1 aliphatic heterocycles. The van der Waals surface area contributed by atoms with Crippen molar-refractivity contribution in [2.24, 2.45) is 5.41 Å². The van der Waals surface area contributed by atoms with E-state index in [4.69, 9.17) is 9.47 Å². The van der Waals surface area contributed by atoms with Gasteiger partial charge in [0.1, 0.15) is 0 Å². The molecule has 2 aliphatic rings. The van der Waals surface area contributed by atoms with Gasteiger partial charge in [0.05, 0.1) is 12.7 Å². The molecule has 0 aromatic rings. The van der Waals surface area contributed by atoms with Crippen molar-refractivity contribution in [2.45, 2.75) is 37.8 Å². The maximum Gasteiger partial charge on any atom is 0.0899 e. The Bertz CT molecular complexity index is 278. The van der Waals surface area contributed by atoms with E-state index in [0.717, 1.165) is 45.2 Å². The van der Waals surface area contributed by atoms with Gasteiger partial charge in [0.2, 0.25) is 0 Å². The van der Waals surface area contributed by atoms with Crippen LogP contribution in [0.25, 0.3) is 0 Å². The summed E-state index contributed by atoms with van der Waals surface area (Å²) in [4.78, 5) is 2.24. The predicted octanol–water partition coefficient (Wildman–Crippen LogP) is 0.474. The summed E-state index contributed by atoms with van der Waals surface area (Å²) in [6, 6.07) is 0.749. The highest BCUT2D eigenvalue weighted by atomic mass is 16.5. The van der Waals surface area contributed by atoms with Crippen LogP contribution in [0.4, 0.5) is 0 Å². The van der Waals surface area contributed by atoms with Crippen LogP contribution in [-0.4, -0.2) is 75.8 Å². The predicted molar refractivity (Wildman–Crippen MR) is 78.9 cm³/mol. The topological polar surface area (TPSA) is 54.0 Å². The second kappa shape index (κ2) is 7.71. The van der Waals surface area contributed by atoms with Crippen LogP contribution in [-0.2, 0) is 9.47 Å². The highest BCUT2D eigenvalue weighted by Crippen LogP contribution is 2.32. The average molecular weight is 286 g/mol. The van der Waals surface area contributed by atoms with Crippen molar-refractivity contribution in [3.63, 3.8) is 0 Å². The third kappa shape index (κ3) is 5.30. The van der Waals surface area contributed by atoms with Crippen molar-refractivity contribution in [3.8, 4) is 0 Å². The van der Waals surface area contributed by atoms with E-state index in [1.54, 1.807) is 7.11 Å². The van der Waals surface area contributed by atoms with Gasteiger partial charge >= 0.3 is 0 Å². The Labute approximate surface area is 122 Å². The second-order valence-electron chi connectivity index (χ2n) is 6.57. The zero-order valence-corrected chi connectivity index (χ0v) is 12.9. The number of nitrogens with one attached hydrogen (secondary N) is 1. The van der Waals surface area contributed by atoms with Gasteiger partial charge in [0.25, 0.3) is 0 Å². The number of likely N-dealkylation sites (N-methyl/N-ethyl adjacent to an activating group) is 1. The number of methoxy groups -OCH3 is 1. The number of rotatable bonds is 9. The molecule has 0 aromatic heterocycles. The molecule has 0 amide bonds. The molecule has 5 nitrogen and oxygen atoms in total. The van der Waals surface area contributed by atoms with E-state index < -0.39 is 6.10 Å². The first kappa shape index (κ1) is 16.2. The maximum absolute atomic E-state index is 9.85. The molecule has 20 heavy (non-hydrogen) atoms. The van der Waals surface area contributed by atoms with Crippen LogP contribution in [0.15, 0.2) is 0 Å². The second-order valence-corrected chi connectivity index (χ2v) is 6.57. The van der Waals surface area contributed by atoms with E-state index >= 15 is 0 Å². The normalized spacial score (nSPS) is 24.0. The molecule has 2 fully saturated rings. The fourth-order valence-electron chi connectivity index (χ4n) is 3.09. The zero-order valence-electron chi connectivity index (χ0n) is 12.9. The van der Waals surface area contributed by atoms with Crippen molar-refractivity contribution in [1.82, 2.24) is 10.2 Å². The van der Waals surface area contributed by atoms with Crippen LogP contribution in [0, 0.1) is 5.41 Å². The van der Waals surface area contributed by atoms with Crippen molar-refractivity contribution >= 4 is 0 Å². The van der Waals surface area contributed by atoms with Gasteiger partial charge in [-0.15, -0.1) is 0 Å². The molecule has 1 saturated carbocycles. The SMILES string of the molecule is COCC(O)CN(C)CC1(CNC2CC2)CCOCC1. The third-order valence-corrected chi connectivity index (χ3v) is 4.38. The lowest BCUT2D eigenvalue weighted by Crippen LogP contribution is -2.48. The van der Waals surface area contributed by atoms with E-state index in [0.29, 0.717) is 18.6 Å². The molecule has 1 aliphatic carbocycles. The Balaban J connectivity index is 1.81. The molecule has 1 saturated heterocycles. The number of nitrogens with zero attached hydrogens (tertiary/aromatic N) is 1. The molecule has 1 unspecified atom stereocenters. The zero-order chi connectivity index (χ0) is 14.4. The Morgan fingerprint density at radius 3 is 2.70 bits per heavy atom. The third-order valence-electron chi connectivity index (χ3n) is 4.38. The highest BCUT2D eigenvalue weighted by molar-refractivity contribution is 4.91. The summed E-state index contributed by atoms with van der Waals surface area (Å²) >= 11 is 0. The van der Waals surface area contributed by atoms with Gasteiger partial charge in [0, 0.05) is 46.0 Å². The van der Waals surface area contributed by atoms with Crippen molar-refractivity contribution in [3.05, 3.63) is 0 Å². The smallest absolute Gasteiger partial charge is 0.0899 e. The van der Waals surface area contributed by atoms with Crippen molar-refractivity contribution in [2.75, 3.05) is 53.6 Å². The minimum atomic E-state index is -0.404. The number of ether oxygens (including phenoxy) is 2. The standard InChI is InChI=1S/C15H30N2O3/c1-17(9-14(18)10-19-2)12-15(5-7-20-8-6-15)11-16-13-3-4-13/h13-14,16,18H,3-12H2,1-2H3. The lowest BCUT2D eigenvalue weighted by Gasteiger charge is -2.40. The molecule has 2 rings (SSSR count). The van der Waals surface area contributed by atoms with E-state index in [1.165, 1.54) is 12.8 Å². The molecular weight excluding hydrogens is 256 g/mol. The molecule has 0 radical (unpaired) electrons. The number of hydrogen-bond donors (Lipinski definition) is 2. The number of hydrogen-bond acceptors (Lipinski definition) is 5. The van der Waals surface area contributed by atoms with Crippen LogP contribution < -0.4 is 5.32 Å². The minimum Gasteiger partial charge on any atom is -0.389 e. The molecule has 1 atom stereocenters. The fourth-order valence-corrected chi connectivity index (χ4v) is 3.09. The van der Waals surface area contributed by atoms with Gasteiger partial charge in [-0.05, 0) is 38.1 Å². The summed E-state index contributed by atoms with van der Waals surface area (Å²) < 4.78 is 10.5. The Morgan fingerprint density at radius 1 is 1.40 bits per heavy atom. The van der Waals surface area contributed by atoms with Crippen LogP contribution in [0.5, 0.6) is 0 Å². The molecule has 1 heterocycles. The summed E-state index contributed by atoms with van der Waals surface area (Å²) in [6.45, 7) is 4.88. The molecule has 2 N–H and O–H groups in total. The van der Waals surface area contributed by atoms with Crippen LogP contribution >= 0.6 is 0 Å². The van der Waals surface area contributed by atoms with Gasteiger partial charge < -0.3 is 24.8 Å². The van der Waals surface area contributed by atoms with Gasteiger partial charge in [0.15, 0.2) is 0 Å². The number of aliphatic hydroxyl groups is 1. The summed E-state index contributed by atoms with van der Waals surface area (Å²) in [7, 11) is 3.72. The summed E-state index contributed by atoms with van der Waals surface area (Å²) in [6.07, 6.45) is 4.47. The van der Waals surface area contributed by atoms with E-state index in [2.05, 4.69) is 17.3 Å². The van der Waals surface area contributed by atoms with Crippen LogP contribution in [0.2, 0.25) is 0 Å². The molecule has 118 valence electrons. The molecule has 0 aromatic carbocycles. The molecule has 0 bridgehead atoms. The summed E-state index contributed by atoms with van der Waals surface area (Å²) in [5, 5.41) is 13.5. The van der Waals surface area contributed by atoms with Gasteiger partial charge in [-0.3, -0.25) is 0 Å². The minimum absolute atomic E-state index is 0.294. The first-order valence-corrected chi connectivity index (χ1v) is 7.80. The lowest BCUT2D eigenvalue weighted by atomic mass is 9.79. The largest absolute Gasteiger partial charge is 0.389 e. The summed E-state index contributed by atoms with van der Waals surface area (Å²) in [5.41, 5.74) is 0.294. The van der Waals surface area contributed by atoms with Gasteiger partial charge in [-0.2, -0.15) is 0 Å². The Hall–Kier alpha value is -0.200. The van der Waals surface area contributed by atoms with E-state index in [-0.39, 0.29) is 0 Å². The quantitative estimate of drug-likeness (QED) is 0.645. The maximum atomic E-state index is 9.85. The van der Waals surface area contributed by atoms with Crippen LogP contribution in [0.1, 0.15) is 25.7 Å². The van der Waals surface area contributed by atoms with Crippen LogP contribution in [0.3, 0.4) is 0 Å². The molecule has 5 heteroatoms. The van der Waals surface area contributed by atoms with Gasteiger partial charge in [-0.1, -0.05) is 0 Å². The first-order chi connectivity index (χ1) is 9.63. The van der Waals surface area contributed by atoms with E-state index in [9.17, 15) is 5.11 Å². The first-order valence-electron chi connectivity index (χ1n) is 7.80. The van der Waals surface area contributed by atoms with Crippen molar-refractivity contribution in [1.29, 1.82) is 0 Å². The molecular formula is C15H30N2O3. The van der Waals surface area contributed by atoms with Crippen molar-refractivity contribution < 1.29 is 14.6 Å². The number of aliphatic hydroxyl groups excluding tert-OH is 1. The fraction of sp³-hybridized carbons (Fsp3) is 1.00. The Morgan fingerprint density at radius 2 is 2.10 bits per heavy atom.